The molecule has 0 fully saturated rings. The van der Waals surface area contributed by atoms with E-state index in [2.05, 4.69) is 0 Å². The first-order valence-corrected chi connectivity index (χ1v) is 9.21. The monoisotopic (exact) mass is 434 g/mol. The zero-order chi connectivity index (χ0) is 23.0. The van der Waals surface area contributed by atoms with Gasteiger partial charge in [0.05, 0.1) is 55.5 Å². The highest BCUT2D eigenvalue weighted by molar-refractivity contribution is 5.88. The molecule has 0 N–H and O–H groups in total. The van der Waals surface area contributed by atoms with Crippen molar-refractivity contribution in [3.8, 4) is 34.5 Å². The van der Waals surface area contributed by atoms with Gasteiger partial charge in [-0.2, -0.15) is 0 Å². The van der Waals surface area contributed by atoms with Crippen LogP contribution < -0.4 is 28.4 Å². The average molecular weight is 434 g/mol. The van der Waals surface area contributed by atoms with Crippen molar-refractivity contribution in [1.82, 2.24) is 0 Å². The molecule has 9 nitrogen and oxygen atoms in total. The average Bonchev–Trinajstić information content (AvgIpc) is 2.77. The van der Waals surface area contributed by atoms with Crippen LogP contribution in [0.4, 0.5) is 0 Å². The molecule has 0 bridgehead atoms. The molecule has 0 saturated heterocycles. The molecule has 168 valence electrons. The van der Waals surface area contributed by atoms with Gasteiger partial charge < -0.3 is 33.2 Å². The molecule has 0 spiro atoms. The number of carbonyl (C=O) groups is 2. The van der Waals surface area contributed by atoms with E-state index in [1.54, 1.807) is 24.3 Å². The van der Waals surface area contributed by atoms with Crippen molar-refractivity contribution in [3.05, 3.63) is 35.4 Å². The Labute approximate surface area is 180 Å². The summed E-state index contributed by atoms with van der Waals surface area (Å²) in [7, 11) is 8.85. The van der Waals surface area contributed by atoms with Gasteiger partial charge in [0.2, 0.25) is 11.5 Å². The minimum absolute atomic E-state index is 0.155. The summed E-state index contributed by atoms with van der Waals surface area (Å²) in [5.41, 5.74) is 1.08. The summed E-state index contributed by atoms with van der Waals surface area (Å²) < 4.78 is 36.5. The van der Waals surface area contributed by atoms with Crippen molar-refractivity contribution in [3.63, 3.8) is 0 Å². The molecule has 31 heavy (non-hydrogen) atoms. The highest BCUT2D eigenvalue weighted by Crippen LogP contribution is 2.39. The molecular formula is C22H26O9. The van der Waals surface area contributed by atoms with E-state index in [-0.39, 0.29) is 12.8 Å². The third-order valence-electron chi connectivity index (χ3n) is 4.37. The van der Waals surface area contributed by atoms with Crippen LogP contribution in [-0.4, -0.2) is 54.6 Å². The first kappa shape index (κ1) is 23.7. The first-order chi connectivity index (χ1) is 14.9. The zero-order valence-corrected chi connectivity index (χ0v) is 18.4. The third kappa shape index (κ3) is 5.71. The van der Waals surface area contributed by atoms with Gasteiger partial charge in [-0.15, -0.1) is 0 Å². The summed E-state index contributed by atoms with van der Waals surface area (Å²) in [5, 5.41) is 0. The Kier molecular flexibility index (Phi) is 8.36. The molecule has 0 unspecified atom stereocenters. The molecule has 0 aliphatic carbocycles. The first-order valence-electron chi connectivity index (χ1n) is 9.21. The van der Waals surface area contributed by atoms with E-state index in [1.165, 1.54) is 42.7 Å². The fraction of sp³-hybridized carbons (Fsp3) is 0.364. The van der Waals surface area contributed by atoms with E-state index in [4.69, 9.17) is 33.2 Å². The Bertz CT molecular complexity index is 811. The van der Waals surface area contributed by atoms with Crippen molar-refractivity contribution in [2.24, 2.45) is 0 Å². The molecule has 0 aromatic heterocycles. The molecule has 2 rings (SSSR count). The predicted octanol–water partition coefficient (Wildman–Crippen LogP) is 2.59. The number of carbonyl (C=O) groups excluding carboxylic acids is 2. The van der Waals surface area contributed by atoms with Crippen molar-refractivity contribution in [2.75, 3.05) is 42.7 Å². The number of benzene rings is 2. The number of rotatable bonds is 10. The van der Waals surface area contributed by atoms with E-state index < -0.39 is 11.9 Å². The van der Waals surface area contributed by atoms with Crippen molar-refractivity contribution < 1.29 is 42.7 Å². The Morgan fingerprint density at radius 3 is 1.06 bits per heavy atom. The van der Waals surface area contributed by atoms with E-state index in [1.807, 2.05) is 0 Å². The second-order valence-corrected chi connectivity index (χ2v) is 6.27. The maximum Gasteiger partial charge on any atom is 0.317 e. The zero-order valence-electron chi connectivity index (χ0n) is 18.4. The summed E-state index contributed by atoms with van der Waals surface area (Å²) >= 11 is 0. The third-order valence-corrected chi connectivity index (χ3v) is 4.37. The van der Waals surface area contributed by atoms with Crippen LogP contribution in [0.5, 0.6) is 34.5 Å². The van der Waals surface area contributed by atoms with Gasteiger partial charge in [-0.3, -0.25) is 9.59 Å². The summed E-state index contributed by atoms with van der Waals surface area (Å²) in [4.78, 5) is 24.6. The number of hydrogen-bond donors (Lipinski definition) is 0. The van der Waals surface area contributed by atoms with Crippen LogP contribution in [0, 0.1) is 0 Å². The lowest BCUT2D eigenvalue weighted by molar-refractivity contribution is -0.158. The van der Waals surface area contributed by atoms with Crippen LogP contribution in [0.25, 0.3) is 0 Å². The summed E-state index contributed by atoms with van der Waals surface area (Å²) in [6.07, 6.45) is -0.310. The van der Waals surface area contributed by atoms with Crippen LogP contribution >= 0.6 is 0 Å². The fourth-order valence-electron chi connectivity index (χ4n) is 3.01. The van der Waals surface area contributed by atoms with E-state index in [0.29, 0.717) is 45.6 Å². The molecule has 0 aliphatic rings. The van der Waals surface area contributed by atoms with Crippen LogP contribution in [-0.2, 0) is 27.2 Å². The van der Waals surface area contributed by atoms with E-state index in [9.17, 15) is 9.59 Å². The molecule has 0 aliphatic heterocycles. The normalized spacial score (nSPS) is 10.1. The minimum Gasteiger partial charge on any atom is -0.493 e. The van der Waals surface area contributed by atoms with Crippen LogP contribution in [0.3, 0.4) is 0 Å². The van der Waals surface area contributed by atoms with Gasteiger partial charge in [0, 0.05) is 0 Å². The molecule has 0 radical (unpaired) electrons. The Hall–Kier alpha value is -3.62. The quantitative estimate of drug-likeness (QED) is 0.413. The summed E-state index contributed by atoms with van der Waals surface area (Å²) in [6.45, 7) is 0. The smallest absolute Gasteiger partial charge is 0.317 e. The molecule has 0 amide bonds. The van der Waals surface area contributed by atoms with Crippen molar-refractivity contribution in [1.29, 1.82) is 0 Å². The van der Waals surface area contributed by atoms with Crippen LogP contribution in [0.15, 0.2) is 24.3 Å². The van der Waals surface area contributed by atoms with Gasteiger partial charge in [0.25, 0.3) is 0 Å². The molecule has 2 aromatic carbocycles. The number of hydrogen-bond acceptors (Lipinski definition) is 9. The second-order valence-electron chi connectivity index (χ2n) is 6.27. The van der Waals surface area contributed by atoms with Crippen molar-refractivity contribution >= 4 is 11.9 Å². The van der Waals surface area contributed by atoms with Gasteiger partial charge in [-0.25, -0.2) is 0 Å². The maximum absolute atomic E-state index is 12.3. The molecular weight excluding hydrogens is 408 g/mol. The topological polar surface area (TPSA) is 98.8 Å². The van der Waals surface area contributed by atoms with E-state index >= 15 is 0 Å². The predicted molar refractivity (Wildman–Crippen MR) is 111 cm³/mol. The summed E-state index contributed by atoms with van der Waals surface area (Å²) in [6, 6.07) is 6.47. The lowest BCUT2D eigenvalue weighted by atomic mass is 10.1. The fourth-order valence-corrected chi connectivity index (χ4v) is 3.01. The lowest BCUT2D eigenvalue weighted by Gasteiger charge is -2.14. The van der Waals surface area contributed by atoms with E-state index in [0.717, 1.165) is 0 Å². The second kappa shape index (κ2) is 11.0. The van der Waals surface area contributed by atoms with Gasteiger partial charge in [-0.1, -0.05) is 0 Å². The minimum atomic E-state index is -0.716. The largest absolute Gasteiger partial charge is 0.493 e. The van der Waals surface area contributed by atoms with Crippen molar-refractivity contribution in [2.45, 2.75) is 12.8 Å². The lowest BCUT2D eigenvalue weighted by Crippen LogP contribution is -2.16. The Morgan fingerprint density at radius 2 is 0.839 bits per heavy atom. The maximum atomic E-state index is 12.3. The number of methoxy groups -OCH3 is 6. The Balaban J connectivity index is 2.11. The summed E-state index contributed by atoms with van der Waals surface area (Å²) in [5.74, 6) is 0.961. The Morgan fingerprint density at radius 1 is 0.548 bits per heavy atom. The molecule has 0 heterocycles. The van der Waals surface area contributed by atoms with Gasteiger partial charge in [0.15, 0.2) is 23.0 Å². The van der Waals surface area contributed by atoms with Gasteiger partial charge in [-0.05, 0) is 35.4 Å². The molecule has 0 atom stereocenters. The standard InChI is InChI=1S/C22H26O9/c1-25-15-7-13(8-16(26-2)21(15)29-5)11-19(23)31-20(24)12-14-9-17(27-3)22(30-6)18(10-14)28-4/h7-10H,11-12H2,1-6H3. The number of esters is 2. The van der Waals surface area contributed by atoms with Crippen LogP contribution in [0.1, 0.15) is 11.1 Å². The highest BCUT2D eigenvalue weighted by atomic mass is 16.6. The molecule has 2 aromatic rings. The highest BCUT2D eigenvalue weighted by Gasteiger charge is 2.19. The van der Waals surface area contributed by atoms with Crippen LogP contribution in [0.2, 0.25) is 0 Å². The molecule has 9 heteroatoms. The van der Waals surface area contributed by atoms with Gasteiger partial charge >= 0.3 is 11.9 Å². The van der Waals surface area contributed by atoms with Gasteiger partial charge in [0.1, 0.15) is 0 Å². The molecule has 0 saturated carbocycles. The number of ether oxygens (including phenoxy) is 7. The SMILES string of the molecule is COc1cc(CC(=O)OC(=O)Cc2cc(OC)c(OC)c(OC)c2)cc(OC)c1OC.